The highest BCUT2D eigenvalue weighted by Gasteiger charge is 2.02. The number of nitrogens with one attached hydrogen (secondary N) is 1. The van der Waals surface area contributed by atoms with Gasteiger partial charge in [-0.3, -0.25) is 0 Å². The van der Waals surface area contributed by atoms with Crippen molar-refractivity contribution in [3.8, 4) is 0 Å². The predicted octanol–water partition coefficient (Wildman–Crippen LogP) is 1.64. The molecule has 0 saturated carbocycles. The van der Waals surface area contributed by atoms with E-state index in [1.807, 2.05) is 0 Å². The minimum Gasteiger partial charge on any atom is -0.313 e. The summed E-state index contributed by atoms with van der Waals surface area (Å²) in [6.45, 7) is 3.49. The lowest BCUT2D eigenvalue weighted by Crippen LogP contribution is -2.20. The molecular formula is C11H22N2. The van der Waals surface area contributed by atoms with E-state index in [2.05, 4.69) is 30.4 Å². The molecule has 0 aliphatic carbocycles. The quantitative estimate of drug-likeness (QED) is 0.513. The number of unbranched alkanes of at least 4 members (excludes halogenated alkanes) is 1. The molecule has 0 aromatic rings. The Bertz CT molecular complexity index is 161. The molecule has 0 unspecified atom stereocenters. The molecule has 1 aliphatic heterocycles. The van der Waals surface area contributed by atoms with Crippen LogP contribution in [0.2, 0.25) is 0 Å². The molecule has 0 aromatic heterocycles. The first-order chi connectivity index (χ1) is 6.29. The van der Waals surface area contributed by atoms with Gasteiger partial charge >= 0.3 is 0 Å². The lowest BCUT2D eigenvalue weighted by atomic mass is 10.0. The molecule has 2 heteroatoms. The van der Waals surface area contributed by atoms with Crippen molar-refractivity contribution in [2.24, 2.45) is 0 Å². The smallest absolute Gasteiger partial charge is 0.0137 e. The van der Waals surface area contributed by atoms with Gasteiger partial charge < -0.3 is 10.2 Å². The fourth-order valence-corrected chi connectivity index (χ4v) is 1.68. The van der Waals surface area contributed by atoms with Crippen LogP contribution < -0.4 is 5.32 Å². The molecule has 13 heavy (non-hydrogen) atoms. The SMILES string of the molecule is CN(C)CCCCC1=CCNCC1. The second-order valence-corrected chi connectivity index (χ2v) is 4.08. The van der Waals surface area contributed by atoms with Crippen LogP contribution in [0.4, 0.5) is 0 Å². The van der Waals surface area contributed by atoms with E-state index in [1.54, 1.807) is 5.57 Å². The van der Waals surface area contributed by atoms with Crippen LogP contribution in [0.1, 0.15) is 25.7 Å². The van der Waals surface area contributed by atoms with Crippen LogP contribution in [-0.2, 0) is 0 Å². The van der Waals surface area contributed by atoms with E-state index in [0.29, 0.717) is 0 Å². The number of nitrogens with zero attached hydrogens (tertiary/aromatic N) is 1. The topological polar surface area (TPSA) is 15.3 Å². The largest absolute Gasteiger partial charge is 0.313 e. The number of hydrogen-bond donors (Lipinski definition) is 1. The van der Waals surface area contributed by atoms with Crippen molar-refractivity contribution in [3.05, 3.63) is 11.6 Å². The molecule has 1 N–H and O–H groups in total. The highest BCUT2D eigenvalue weighted by molar-refractivity contribution is 5.06. The molecule has 1 aliphatic rings. The fourth-order valence-electron chi connectivity index (χ4n) is 1.68. The van der Waals surface area contributed by atoms with Crippen LogP contribution in [0.3, 0.4) is 0 Å². The summed E-state index contributed by atoms with van der Waals surface area (Å²) in [5.74, 6) is 0. The van der Waals surface area contributed by atoms with Crippen molar-refractivity contribution in [3.63, 3.8) is 0 Å². The highest BCUT2D eigenvalue weighted by atomic mass is 15.0. The maximum absolute atomic E-state index is 3.34. The molecule has 1 rings (SSSR count). The average molecular weight is 182 g/mol. The van der Waals surface area contributed by atoms with E-state index in [0.717, 1.165) is 6.54 Å². The highest BCUT2D eigenvalue weighted by Crippen LogP contribution is 2.12. The first-order valence-corrected chi connectivity index (χ1v) is 5.32. The van der Waals surface area contributed by atoms with Crippen molar-refractivity contribution in [1.29, 1.82) is 0 Å². The van der Waals surface area contributed by atoms with E-state index in [4.69, 9.17) is 0 Å². The monoisotopic (exact) mass is 182 g/mol. The minimum atomic E-state index is 1.09. The molecule has 0 atom stereocenters. The summed E-state index contributed by atoms with van der Waals surface area (Å²) in [6, 6.07) is 0. The zero-order valence-corrected chi connectivity index (χ0v) is 8.97. The zero-order chi connectivity index (χ0) is 9.52. The molecule has 0 spiro atoms. The van der Waals surface area contributed by atoms with Crippen molar-refractivity contribution < 1.29 is 0 Å². The van der Waals surface area contributed by atoms with Gasteiger partial charge in [0, 0.05) is 6.54 Å². The molecule has 0 amide bonds. The Hall–Kier alpha value is -0.340. The third kappa shape index (κ3) is 5.06. The lowest BCUT2D eigenvalue weighted by molar-refractivity contribution is 0.393. The first kappa shape index (κ1) is 10.7. The summed E-state index contributed by atoms with van der Waals surface area (Å²) in [5, 5.41) is 3.34. The molecule has 76 valence electrons. The van der Waals surface area contributed by atoms with Gasteiger partial charge in [0.2, 0.25) is 0 Å². The molecule has 1 heterocycles. The van der Waals surface area contributed by atoms with Gasteiger partial charge in [-0.05, 0) is 52.9 Å². The van der Waals surface area contributed by atoms with Crippen LogP contribution >= 0.6 is 0 Å². The standard InChI is InChI=1S/C11H22N2/c1-13(2)10-4-3-5-11-6-8-12-9-7-11/h6,12H,3-5,7-10H2,1-2H3. The van der Waals surface area contributed by atoms with Gasteiger partial charge in [-0.25, -0.2) is 0 Å². The van der Waals surface area contributed by atoms with Gasteiger partial charge in [-0.2, -0.15) is 0 Å². The van der Waals surface area contributed by atoms with Gasteiger partial charge in [0.1, 0.15) is 0 Å². The Morgan fingerprint density at radius 1 is 1.38 bits per heavy atom. The molecule has 0 radical (unpaired) electrons. The summed E-state index contributed by atoms with van der Waals surface area (Å²) in [6.07, 6.45) is 7.62. The van der Waals surface area contributed by atoms with Crippen molar-refractivity contribution in [2.75, 3.05) is 33.7 Å². The van der Waals surface area contributed by atoms with E-state index in [-0.39, 0.29) is 0 Å². The summed E-state index contributed by atoms with van der Waals surface area (Å²) in [7, 11) is 4.29. The summed E-state index contributed by atoms with van der Waals surface area (Å²) in [5.41, 5.74) is 1.66. The summed E-state index contributed by atoms with van der Waals surface area (Å²) >= 11 is 0. The maximum atomic E-state index is 3.34. The predicted molar refractivity (Wildman–Crippen MR) is 58.0 cm³/mol. The molecule has 0 fully saturated rings. The van der Waals surface area contributed by atoms with Crippen LogP contribution in [0, 0.1) is 0 Å². The van der Waals surface area contributed by atoms with Crippen LogP contribution in [-0.4, -0.2) is 38.6 Å². The van der Waals surface area contributed by atoms with E-state index in [9.17, 15) is 0 Å². The van der Waals surface area contributed by atoms with E-state index < -0.39 is 0 Å². The van der Waals surface area contributed by atoms with E-state index in [1.165, 1.54) is 38.8 Å². The third-order valence-corrected chi connectivity index (χ3v) is 2.51. The molecule has 0 bridgehead atoms. The van der Waals surface area contributed by atoms with Crippen molar-refractivity contribution in [2.45, 2.75) is 25.7 Å². The van der Waals surface area contributed by atoms with Gasteiger partial charge in [0.15, 0.2) is 0 Å². The normalized spacial score (nSPS) is 17.6. The maximum Gasteiger partial charge on any atom is 0.0137 e. The van der Waals surface area contributed by atoms with Crippen molar-refractivity contribution >= 4 is 0 Å². The Labute approximate surface area is 82.0 Å². The van der Waals surface area contributed by atoms with Crippen LogP contribution in [0.15, 0.2) is 11.6 Å². The second-order valence-electron chi connectivity index (χ2n) is 4.08. The Balaban J connectivity index is 2.01. The molecule has 0 aromatic carbocycles. The Kier molecular flexibility index (Phi) is 5.09. The first-order valence-electron chi connectivity index (χ1n) is 5.32. The lowest BCUT2D eigenvalue weighted by Gasteiger charge is -2.14. The summed E-state index contributed by atoms with van der Waals surface area (Å²) in [4.78, 5) is 2.26. The number of hydrogen-bond acceptors (Lipinski definition) is 2. The molecule has 2 nitrogen and oxygen atoms in total. The number of rotatable bonds is 5. The average Bonchev–Trinajstić information content (AvgIpc) is 2.14. The fraction of sp³-hybridized carbons (Fsp3) is 0.818. The van der Waals surface area contributed by atoms with Gasteiger partial charge in [-0.1, -0.05) is 11.6 Å². The van der Waals surface area contributed by atoms with Gasteiger partial charge in [0.05, 0.1) is 0 Å². The van der Waals surface area contributed by atoms with Gasteiger partial charge in [-0.15, -0.1) is 0 Å². The molecule has 0 saturated heterocycles. The second kappa shape index (κ2) is 6.17. The summed E-state index contributed by atoms with van der Waals surface area (Å²) < 4.78 is 0. The van der Waals surface area contributed by atoms with Crippen LogP contribution in [0.25, 0.3) is 0 Å². The Morgan fingerprint density at radius 3 is 2.85 bits per heavy atom. The third-order valence-electron chi connectivity index (χ3n) is 2.51. The minimum absolute atomic E-state index is 1.09. The van der Waals surface area contributed by atoms with Crippen LogP contribution in [0.5, 0.6) is 0 Å². The van der Waals surface area contributed by atoms with Crippen molar-refractivity contribution in [1.82, 2.24) is 10.2 Å². The molecular weight excluding hydrogens is 160 g/mol. The van der Waals surface area contributed by atoms with E-state index >= 15 is 0 Å². The Morgan fingerprint density at radius 2 is 2.23 bits per heavy atom. The zero-order valence-electron chi connectivity index (χ0n) is 8.97. The van der Waals surface area contributed by atoms with Gasteiger partial charge in [0.25, 0.3) is 0 Å².